The lowest BCUT2D eigenvalue weighted by Crippen LogP contribution is -2.06. The van der Waals surface area contributed by atoms with Crippen molar-refractivity contribution in [2.24, 2.45) is 0 Å². The maximum absolute atomic E-state index is 11.4. The van der Waals surface area contributed by atoms with Gasteiger partial charge in [-0.2, -0.15) is 0 Å². The van der Waals surface area contributed by atoms with Crippen LogP contribution in [0.5, 0.6) is 0 Å². The fourth-order valence-electron chi connectivity index (χ4n) is 2.39. The lowest BCUT2D eigenvalue weighted by molar-refractivity contribution is 0.0696. The highest BCUT2D eigenvalue weighted by Crippen LogP contribution is 2.32. The van der Waals surface area contributed by atoms with Crippen LogP contribution in [0.25, 0.3) is 21.5 Å². The molecule has 4 nitrogen and oxygen atoms in total. The molecule has 0 fully saturated rings. The summed E-state index contributed by atoms with van der Waals surface area (Å²) >= 11 is 0. The third-order valence-corrected chi connectivity index (χ3v) is 3.11. The standard InChI is InChI=1S/C14H8O4/c15-13(16)10-5-4-9-7-2-1-3-8(6-7)11(10)12(9)14(17)18/h1-6H,(H,15,16)(H,17,18). The van der Waals surface area contributed by atoms with Crippen LogP contribution in [0.3, 0.4) is 0 Å². The summed E-state index contributed by atoms with van der Waals surface area (Å²) in [4.78, 5) is 22.6. The summed E-state index contributed by atoms with van der Waals surface area (Å²) in [6, 6.07) is 10.1. The number of carboxylic acids is 2. The first-order chi connectivity index (χ1) is 8.59. The molecule has 0 spiro atoms. The number of fused-ring (bicyclic) bond motifs is 6. The van der Waals surface area contributed by atoms with Gasteiger partial charge < -0.3 is 10.2 Å². The number of hydrogen-bond donors (Lipinski definition) is 2. The monoisotopic (exact) mass is 240 g/mol. The van der Waals surface area contributed by atoms with E-state index >= 15 is 0 Å². The van der Waals surface area contributed by atoms with Gasteiger partial charge in [-0.15, -0.1) is 0 Å². The Bertz CT molecular complexity index is 789. The summed E-state index contributed by atoms with van der Waals surface area (Å²) < 4.78 is 0. The summed E-state index contributed by atoms with van der Waals surface area (Å²) in [5.41, 5.74) is 0.0935. The Morgan fingerprint density at radius 2 is 1.61 bits per heavy atom. The fraction of sp³-hybridized carbons (Fsp3) is 0. The molecule has 18 heavy (non-hydrogen) atoms. The molecule has 0 amide bonds. The lowest BCUT2D eigenvalue weighted by Gasteiger charge is -2.12. The average Bonchev–Trinajstić information content (AvgIpc) is 2.35. The van der Waals surface area contributed by atoms with Crippen molar-refractivity contribution in [2.75, 3.05) is 0 Å². The Hall–Kier alpha value is -2.62. The van der Waals surface area contributed by atoms with Crippen LogP contribution < -0.4 is 0 Å². The zero-order chi connectivity index (χ0) is 12.9. The Morgan fingerprint density at radius 3 is 2.28 bits per heavy atom. The first-order valence-corrected chi connectivity index (χ1v) is 5.34. The van der Waals surface area contributed by atoms with Crippen molar-refractivity contribution >= 4 is 33.5 Å². The molecule has 3 aromatic rings. The molecule has 0 atom stereocenters. The van der Waals surface area contributed by atoms with E-state index in [1.54, 1.807) is 18.2 Å². The molecule has 4 bridgehead atoms. The summed E-state index contributed by atoms with van der Waals surface area (Å²) in [6.45, 7) is 0. The Labute approximate surface area is 101 Å². The number of aromatic carboxylic acids is 2. The zero-order valence-electron chi connectivity index (χ0n) is 9.18. The second-order valence-electron chi connectivity index (χ2n) is 4.10. The smallest absolute Gasteiger partial charge is 0.336 e. The summed E-state index contributed by atoms with van der Waals surface area (Å²) in [7, 11) is 0. The molecule has 0 aliphatic heterocycles. The van der Waals surface area contributed by atoms with Gasteiger partial charge in [0.2, 0.25) is 0 Å². The van der Waals surface area contributed by atoms with Crippen molar-refractivity contribution in [1.29, 1.82) is 0 Å². The molecule has 0 aliphatic carbocycles. The molecular weight excluding hydrogens is 232 g/mol. The van der Waals surface area contributed by atoms with Crippen molar-refractivity contribution in [3.05, 3.63) is 47.5 Å². The van der Waals surface area contributed by atoms with E-state index in [-0.39, 0.29) is 11.1 Å². The van der Waals surface area contributed by atoms with Crippen molar-refractivity contribution in [3.8, 4) is 0 Å². The molecule has 2 N–H and O–H groups in total. The highest BCUT2D eigenvalue weighted by Gasteiger charge is 2.20. The lowest BCUT2D eigenvalue weighted by atomic mass is 9.91. The topological polar surface area (TPSA) is 74.6 Å². The van der Waals surface area contributed by atoms with E-state index in [2.05, 4.69) is 0 Å². The molecule has 4 heteroatoms. The van der Waals surface area contributed by atoms with Gasteiger partial charge in [-0.25, -0.2) is 9.59 Å². The summed E-state index contributed by atoms with van der Waals surface area (Å²) in [5.74, 6) is -2.22. The largest absolute Gasteiger partial charge is 0.478 e. The molecule has 3 rings (SSSR count). The van der Waals surface area contributed by atoms with E-state index in [9.17, 15) is 14.7 Å². The Morgan fingerprint density at radius 1 is 0.889 bits per heavy atom. The van der Waals surface area contributed by atoms with Gasteiger partial charge in [-0.1, -0.05) is 24.3 Å². The third kappa shape index (κ3) is 1.26. The van der Waals surface area contributed by atoms with Crippen LogP contribution in [0.2, 0.25) is 0 Å². The van der Waals surface area contributed by atoms with Crippen molar-refractivity contribution in [2.45, 2.75) is 0 Å². The van der Waals surface area contributed by atoms with Crippen molar-refractivity contribution in [3.63, 3.8) is 0 Å². The van der Waals surface area contributed by atoms with E-state index in [1.165, 1.54) is 6.07 Å². The molecule has 0 radical (unpaired) electrons. The van der Waals surface area contributed by atoms with Gasteiger partial charge in [-0.05, 0) is 28.3 Å². The van der Waals surface area contributed by atoms with Crippen molar-refractivity contribution in [1.82, 2.24) is 0 Å². The van der Waals surface area contributed by atoms with Crippen LogP contribution >= 0.6 is 0 Å². The second-order valence-corrected chi connectivity index (χ2v) is 4.10. The maximum Gasteiger partial charge on any atom is 0.336 e. The molecule has 0 aromatic heterocycles. The molecule has 88 valence electrons. The number of benzene rings is 3. The number of carboxylic acid groups (broad SMARTS) is 2. The minimum atomic E-state index is -1.12. The van der Waals surface area contributed by atoms with Gasteiger partial charge in [-0.3, -0.25) is 0 Å². The van der Waals surface area contributed by atoms with E-state index in [4.69, 9.17) is 5.11 Å². The minimum absolute atomic E-state index is 0.0213. The Kier molecular flexibility index (Phi) is 2.01. The van der Waals surface area contributed by atoms with Gasteiger partial charge in [0.1, 0.15) is 0 Å². The maximum atomic E-state index is 11.4. The SMILES string of the molecule is O=C(O)c1ccc2c(C(=O)O)c1c1cccc2c1. The van der Waals surface area contributed by atoms with Crippen LogP contribution in [-0.4, -0.2) is 22.2 Å². The van der Waals surface area contributed by atoms with Crippen LogP contribution in [0.15, 0.2) is 36.4 Å². The van der Waals surface area contributed by atoms with Crippen molar-refractivity contribution < 1.29 is 19.8 Å². The third-order valence-electron chi connectivity index (χ3n) is 3.11. The molecule has 0 saturated heterocycles. The number of carbonyl (C=O) groups is 2. The summed E-state index contributed by atoms with van der Waals surface area (Å²) in [6.07, 6.45) is 0. The molecule has 0 aliphatic rings. The number of rotatable bonds is 2. The molecule has 0 saturated carbocycles. The number of hydrogen-bond acceptors (Lipinski definition) is 2. The fourth-order valence-corrected chi connectivity index (χ4v) is 2.39. The van der Waals surface area contributed by atoms with Gasteiger partial charge in [0.25, 0.3) is 0 Å². The van der Waals surface area contributed by atoms with E-state index in [0.717, 1.165) is 5.39 Å². The molecule has 0 unspecified atom stereocenters. The first-order valence-electron chi connectivity index (χ1n) is 5.34. The van der Waals surface area contributed by atoms with Gasteiger partial charge in [0.15, 0.2) is 0 Å². The second kappa shape index (κ2) is 3.43. The quantitative estimate of drug-likeness (QED) is 0.722. The van der Waals surface area contributed by atoms with Crippen LogP contribution in [0.1, 0.15) is 20.7 Å². The first kappa shape index (κ1) is 10.5. The normalized spacial score (nSPS) is 11.1. The van der Waals surface area contributed by atoms with Crippen LogP contribution in [-0.2, 0) is 0 Å². The summed E-state index contributed by atoms with van der Waals surface area (Å²) in [5, 5.41) is 20.8. The van der Waals surface area contributed by atoms with Gasteiger partial charge in [0.05, 0.1) is 11.1 Å². The average molecular weight is 240 g/mol. The van der Waals surface area contributed by atoms with Crippen LogP contribution in [0, 0.1) is 0 Å². The predicted octanol–water partition coefficient (Wildman–Crippen LogP) is 2.83. The minimum Gasteiger partial charge on any atom is -0.478 e. The van der Waals surface area contributed by atoms with E-state index in [1.807, 2.05) is 12.1 Å². The highest BCUT2D eigenvalue weighted by atomic mass is 16.4. The molecule has 3 aromatic carbocycles. The van der Waals surface area contributed by atoms with Gasteiger partial charge >= 0.3 is 11.9 Å². The highest BCUT2D eigenvalue weighted by molar-refractivity contribution is 6.21. The molecular formula is C14H8O4. The van der Waals surface area contributed by atoms with Gasteiger partial charge in [0, 0.05) is 5.39 Å². The molecule has 0 heterocycles. The predicted molar refractivity (Wildman–Crippen MR) is 66.6 cm³/mol. The zero-order valence-corrected chi connectivity index (χ0v) is 9.18. The van der Waals surface area contributed by atoms with E-state index < -0.39 is 11.9 Å². The van der Waals surface area contributed by atoms with E-state index in [0.29, 0.717) is 16.2 Å². The Balaban J connectivity index is 2.64. The van der Waals surface area contributed by atoms with Crippen LogP contribution in [0.4, 0.5) is 0 Å².